The average molecular weight is 342 g/mol. The number of alkyl halides is 2. The average Bonchev–Trinajstić information content (AvgIpc) is 2.47. The van der Waals surface area contributed by atoms with Gasteiger partial charge in [0.15, 0.2) is 0 Å². The Morgan fingerprint density at radius 3 is 2.71 bits per heavy atom. The van der Waals surface area contributed by atoms with Gasteiger partial charge >= 0.3 is 0 Å². The number of hydrogen-bond acceptors (Lipinski definition) is 2. The molecular formula is C9H5F2IS2. The van der Waals surface area contributed by atoms with E-state index in [1.165, 1.54) is 17.4 Å². The molecule has 0 unspecified atom stereocenters. The van der Waals surface area contributed by atoms with Gasteiger partial charge in [-0.15, -0.1) is 24.0 Å². The van der Waals surface area contributed by atoms with Crippen LogP contribution < -0.4 is 0 Å². The molecule has 0 atom stereocenters. The van der Waals surface area contributed by atoms with Gasteiger partial charge < -0.3 is 0 Å². The Bertz CT molecular complexity index is 479. The van der Waals surface area contributed by atoms with Crippen LogP contribution in [0.15, 0.2) is 23.1 Å². The molecular weight excluding hydrogens is 337 g/mol. The lowest BCUT2D eigenvalue weighted by Gasteiger charge is -2.02. The van der Waals surface area contributed by atoms with E-state index in [0.717, 1.165) is 13.2 Å². The largest absolute Gasteiger partial charge is 0.265 e. The highest BCUT2D eigenvalue weighted by atomic mass is 127. The zero-order valence-electron chi connectivity index (χ0n) is 6.80. The highest BCUT2D eigenvalue weighted by Gasteiger charge is 2.14. The molecule has 0 aliphatic heterocycles. The van der Waals surface area contributed by atoms with Crippen LogP contribution in [-0.2, 0) is 0 Å². The lowest BCUT2D eigenvalue weighted by Crippen LogP contribution is -1.83. The fourth-order valence-electron chi connectivity index (χ4n) is 1.27. The molecule has 5 heteroatoms. The van der Waals surface area contributed by atoms with E-state index in [0.29, 0.717) is 4.70 Å². The van der Waals surface area contributed by atoms with Crippen molar-refractivity contribution < 1.29 is 8.78 Å². The van der Waals surface area contributed by atoms with Gasteiger partial charge in [0.2, 0.25) is 0 Å². The zero-order chi connectivity index (χ0) is 10.3. The quantitative estimate of drug-likeness (QED) is 0.562. The van der Waals surface area contributed by atoms with Crippen LogP contribution in [0.2, 0.25) is 0 Å². The fraction of sp³-hybridized carbons (Fsp3) is 0.111. The summed E-state index contributed by atoms with van der Waals surface area (Å²) >= 11 is 7.75. The van der Waals surface area contributed by atoms with Crippen LogP contribution in [0.3, 0.4) is 0 Å². The van der Waals surface area contributed by atoms with Crippen molar-refractivity contribution in [3.63, 3.8) is 0 Å². The Kier molecular flexibility index (Phi) is 2.99. The lowest BCUT2D eigenvalue weighted by molar-refractivity contribution is 0.153. The lowest BCUT2D eigenvalue weighted by atomic mass is 10.2. The summed E-state index contributed by atoms with van der Waals surface area (Å²) in [5.41, 5.74) is 0.103. The third-order valence-corrected chi connectivity index (χ3v) is 4.23. The summed E-state index contributed by atoms with van der Waals surface area (Å²) in [5, 5.41) is 0.820. The summed E-state index contributed by atoms with van der Waals surface area (Å²) < 4.78 is 26.9. The van der Waals surface area contributed by atoms with Crippen LogP contribution in [0.5, 0.6) is 0 Å². The molecule has 2 rings (SSSR count). The second kappa shape index (κ2) is 3.94. The first-order valence-electron chi connectivity index (χ1n) is 3.78. The molecule has 0 saturated carbocycles. The van der Waals surface area contributed by atoms with E-state index in [-0.39, 0.29) is 5.56 Å². The maximum atomic E-state index is 12.6. The first-order chi connectivity index (χ1) is 6.59. The van der Waals surface area contributed by atoms with Crippen molar-refractivity contribution in [3.8, 4) is 0 Å². The Morgan fingerprint density at radius 1 is 1.36 bits per heavy atom. The van der Waals surface area contributed by atoms with E-state index in [9.17, 15) is 8.78 Å². The van der Waals surface area contributed by atoms with Crippen LogP contribution in [-0.4, -0.2) is 0 Å². The predicted molar refractivity (Wildman–Crippen MR) is 66.8 cm³/mol. The van der Waals surface area contributed by atoms with E-state index in [4.69, 9.17) is 0 Å². The molecule has 0 radical (unpaired) electrons. The van der Waals surface area contributed by atoms with Gasteiger partial charge in [-0.05, 0) is 34.7 Å². The van der Waals surface area contributed by atoms with Crippen molar-refractivity contribution in [2.75, 3.05) is 0 Å². The minimum Gasteiger partial charge on any atom is -0.205 e. The minimum absolute atomic E-state index is 0.103. The molecule has 14 heavy (non-hydrogen) atoms. The Hall–Kier alpha value is 0.120. The zero-order valence-corrected chi connectivity index (χ0v) is 10.7. The number of thiophene rings is 1. The second-order valence-electron chi connectivity index (χ2n) is 2.77. The van der Waals surface area contributed by atoms with Crippen LogP contribution in [0, 0.1) is 2.88 Å². The molecule has 0 N–H and O–H groups in total. The van der Waals surface area contributed by atoms with Gasteiger partial charge in [0, 0.05) is 20.5 Å². The topological polar surface area (TPSA) is 0 Å². The summed E-state index contributed by atoms with van der Waals surface area (Å²) in [6.07, 6.45) is -2.42. The molecule has 0 aliphatic carbocycles. The van der Waals surface area contributed by atoms with Crippen LogP contribution in [0.25, 0.3) is 10.1 Å². The molecule has 0 fully saturated rings. The van der Waals surface area contributed by atoms with E-state index in [1.807, 2.05) is 6.07 Å². The predicted octanol–water partition coefficient (Wildman–Crippen LogP) is 4.73. The molecule has 0 bridgehead atoms. The van der Waals surface area contributed by atoms with Crippen molar-refractivity contribution in [1.29, 1.82) is 0 Å². The molecule has 0 nitrogen and oxygen atoms in total. The van der Waals surface area contributed by atoms with Crippen molar-refractivity contribution in [1.82, 2.24) is 0 Å². The normalized spacial score (nSPS) is 11.5. The van der Waals surface area contributed by atoms with E-state index in [1.54, 1.807) is 6.07 Å². The number of halogens is 3. The number of rotatable bonds is 1. The Morgan fingerprint density at radius 2 is 2.07 bits per heavy atom. The molecule has 1 heterocycles. The molecule has 1 aromatic carbocycles. The van der Waals surface area contributed by atoms with Gasteiger partial charge in [-0.2, -0.15) is 0 Å². The maximum absolute atomic E-state index is 12.6. The molecule has 0 saturated heterocycles. The van der Waals surface area contributed by atoms with Gasteiger partial charge in [-0.1, -0.05) is 6.07 Å². The minimum atomic E-state index is -2.42. The van der Waals surface area contributed by atoms with Crippen molar-refractivity contribution in [2.45, 2.75) is 11.3 Å². The molecule has 0 amide bonds. The summed E-state index contributed by atoms with van der Waals surface area (Å²) in [6, 6.07) is 4.95. The van der Waals surface area contributed by atoms with Crippen LogP contribution in [0.4, 0.5) is 8.78 Å². The first-order valence-corrected chi connectivity index (χ1v) is 6.13. The Balaban J connectivity index is 2.81. The summed E-state index contributed by atoms with van der Waals surface area (Å²) in [6.45, 7) is 0. The molecule has 0 aliphatic rings. The van der Waals surface area contributed by atoms with E-state index in [2.05, 4.69) is 35.2 Å². The third-order valence-electron chi connectivity index (χ3n) is 1.90. The van der Waals surface area contributed by atoms with Gasteiger partial charge in [0.05, 0.1) is 2.88 Å². The number of hydrogen-bond donors (Lipinski definition) is 1. The van der Waals surface area contributed by atoms with Gasteiger partial charge in [-0.3, -0.25) is 0 Å². The summed E-state index contributed by atoms with van der Waals surface area (Å²) in [7, 11) is 0. The number of benzene rings is 1. The van der Waals surface area contributed by atoms with Crippen molar-refractivity contribution in [3.05, 3.63) is 26.6 Å². The monoisotopic (exact) mass is 342 g/mol. The summed E-state index contributed by atoms with van der Waals surface area (Å²) in [4.78, 5) is 0.753. The second-order valence-corrected chi connectivity index (χ2v) is 6.20. The SMILES string of the molecule is FC(F)c1ccc(S)c2cc(I)sc12. The molecule has 0 spiro atoms. The van der Waals surface area contributed by atoms with Crippen LogP contribution in [0.1, 0.15) is 12.0 Å². The number of fused-ring (bicyclic) bond motifs is 1. The van der Waals surface area contributed by atoms with Gasteiger partial charge in [0.1, 0.15) is 0 Å². The van der Waals surface area contributed by atoms with Crippen molar-refractivity contribution in [2.24, 2.45) is 0 Å². The summed E-state index contributed by atoms with van der Waals surface area (Å²) in [5.74, 6) is 0. The van der Waals surface area contributed by atoms with E-state index < -0.39 is 6.43 Å². The van der Waals surface area contributed by atoms with Crippen molar-refractivity contribution >= 4 is 56.6 Å². The molecule has 1 aromatic heterocycles. The van der Waals surface area contributed by atoms with Gasteiger partial charge in [-0.25, -0.2) is 8.78 Å². The van der Waals surface area contributed by atoms with E-state index >= 15 is 0 Å². The Labute approximate surface area is 103 Å². The highest BCUT2D eigenvalue weighted by Crippen LogP contribution is 2.37. The first kappa shape index (κ1) is 10.6. The number of thiol groups is 1. The third kappa shape index (κ3) is 1.77. The molecule has 2 aromatic rings. The smallest absolute Gasteiger partial charge is 0.205 e. The maximum Gasteiger partial charge on any atom is 0.265 e. The fourth-order valence-corrected chi connectivity index (χ4v) is 3.50. The van der Waals surface area contributed by atoms with Gasteiger partial charge in [0.25, 0.3) is 6.43 Å². The highest BCUT2D eigenvalue weighted by molar-refractivity contribution is 14.1. The molecule has 74 valence electrons. The van der Waals surface area contributed by atoms with Crippen LogP contribution >= 0.6 is 46.6 Å². The standard InChI is InChI=1S/C9H5F2IS2/c10-9(11)4-1-2-6(13)5-3-7(12)14-8(4)5/h1-3,9,13H.